The van der Waals surface area contributed by atoms with Crippen LogP contribution in [-0.4, -0.2) is 11.1 Å². The van der Waals surface area contributed by atoms with E-state index < -0.39 is 5.97 Å². The van der Waals surface area contributed by atoms with Gasteiger partial charge in [-0.3, -0.25) is 4.79 Å². The van der Waals surface area contributed by atoms with Crippen molar-refractivity contribution in [3.05, 3.63) is 35.4 Å². The van der Waals surface area contributed by atoms with Crippen LogP contribution < -0.4 is 0 Å². The molecule has 1 rings (SSSR count). The van der Waals surface area contributed by atoms with Crippen LogP contribution in [0.15, 0.2) is 24.3 Å². The third-order valence-electron chi connectivity index (χ3n) is 1.48. The quantitative estimate of drug-likeness (QED) is 0.768. The maximum atomic E-state index is 10.3. The summed E-state index contributed by atoms with van der Waals surface area (Å²) >= 11 is 0. The molecule has 1 aromatic rings. The van der Waals surface area contributed by atoms with E-state index in [1.54, 1.807) is 0 Å². The molecule has 0 atom stereocenters. The molecule has 1 N–H and O–H groups in total. The van der Waals surface area contributed by atoms with Gasteiger partial charge in [-0.1, -0.05) is 29.8 Å². The molecule has 0 aromatic heterocycles. The topological polar surface area (TPSA) is 37.3 Å². The number of rotatable bonds is 2. The molecule has 0 saturated carbocycles. The Morgan fingerprint density at radius 3 is 2.25 bits per heavy atom. The summed E-state index contributed by atoms with van der Waals surface area (Å²) in [4.78, 5) is 10.3. The lowest BCUT2D eigenvalue weighted by Gasteiger charge is -1.96. The molecular formula is C9H11ClO2. The first-order chi connectivity index (χ1) is 5.18. The van der Waals surface area contributed by atoms with E-state index in [1.165, 1.54) is 0 Å². The van der Waals surface area contributed by atoms with Gasteiger partial charge >= 0.3 is 5.97 Å². The van der Waals surface area contributed by atoms with Crippen LogP contribution in [0.5, 0.6) is 0 Å². The first kappa shape index (κ1) is 11.0. The van der Waals surface area contributed by atoms with E-state index in [2.05, 4.69) is 0 Å². The van der Waals surface area contributed by atoms with Gasteiger partial charge < -0.3 is 5.11 Å². The van der Waals surface area contributed by atoms with Crippen molar-refractivity contribution in [2.45, 2.75) is 13.3 Å². The standard InChI is InChI=1S/C9H10O2.ClH/c1-7-2-4-8(5-3-7)6-9(10)11;/h2-5H,6H2,1H3,(H,10,11);1H. The second kappa shape index (κ2) is 4.78. The third kappa shape index (κ3) is 3.39. The van der Waals surface area contributed by atoms with Crippen LogP contribution in [0.4, 0.5) is 0 Å². The van der Waals surface area contributed by atoms with Gasteiger partial charge in [0.2, 0.25) is 0 Å². The fourth-order valence-corrected chi connectivity index (χ4v) is 0.881. The fraction of sp³-hybridized carbons (Fsp3) is 0.222. The van der Waals surface area contributed by atoms with Gasteiger partial charge in [-0.25, -0.2) is 0 Å². The summed E-state index contributed by atoms with van der Waals surface area (Å²) in [6.45, 7) is 1.98. The predicted octanol–water partition coefficient (Wildman–Crippen LogP) is 2.04. The van der Waals surface area contributed by atoms with Crippen molar-refractivity contribution in [3.8, 4) is 0 Å². The van der Waals surface area contributed by atoms with Crippen molar-refractivity contribution in [1.82, 2.24) is 0 Å². The van der Waals surface area contributed by atoms with E-state index in [-0.39, 0.29) is 18.8 Å². The largest absolute Gasteiger partial charge is 0.481 e. The normalized spacial score (nSPS) is 8.75. The third-order valence-corrected chi connectivity index (χ3v) is 1.48. The molecule has 0 unspecified atom stereocenters. The molecule has 0 aliphatic heterocycles. The molecule has 12 heavy (non-hydrogen) atoms. The van der Waals surface area contributed by atoms with Crippen molar-refractivity contribution >= 4 is 18.4 Å². The summed E-state index contributed by atoms with van der Waals surface area (Å²) in [6, 6.07) is 7.50. The maximum absolute atomic E-state index is 10.3. The minimum Gasteiger partial charge on any atom is -0.481 e. The zero-order valence-corrected chi connectivity index (χ0v) is 7.60. The zero-order valence-electron chi connectivity index (χ0n) is 6.78. The minimum absolute atomic E-state index is 0. The zero-order chi connectivity index (χ0) is 8.27. The SMILES string of the molecule is Cc1ccc(CC(=O)O)cc1.Cl. The first-order valence-corrected chi connectivity index (χ1v) is 3.46. The number of hydrogen-bond donors (Lipinski definition) is 1. The first-order valence-electron chi connectivity index (χ1n) is 3.46. The summed E-state index contributed by atoms with van der Waals surface area (Å²) in [5, 5.41) is 8.44. The highest BCUT2D eigenvalue weighted by atomic mass is 35.5. The van der Waals surface area contributed by atoms with Crippen LogP contribution in [0.3, 0.4) is 0 Å². The van der Waals surface area contributed by atoms with Crippen LogP contribution in [0.25, 0.3) is 0 Å². The number of carbonyl (C=O) groups is 1. The van der Waals surface area contributed by atoms with E-state index in [9.17, 15) is 4.79 Å². The van der Waals surface area contributed by atoms with Gasteiger partial charge in [0.1, 0.15) is 0 Å². The molecule has 66 valence electrons. The highest BCUT2D eigenvalue weighted by Gasteiger charge is 1.97. The number of carboxylic acid groups (broad SMARTS) is 1. The minimum atomic E-state index is -0.783. The van der Waals surface area contributed by atoms with Crippen molar-refractivity contribution in [2.24, 2.45) is 0 Å². The van der Waals surface area contributed by atoms with Crippen LogP contribution in [-0.2, 0) is 11.2 Å². The van der Waals surface area contributed by atoms with Gasteiger partial charge in [0.15, 0.2) is 0 Å². The lowest BCUT2D eigenvalue weighted by atomic mass is 10.1. The average Bonchev–Trinajstić information content (AvgIpc) is 1.93. The Hall–Kier alpha value is -1.02. The Bertz CT molecular complexity index is 254. The lowest BCUT2D eigenvalue weighted by molar-refractivity contribution is -0.136. The van der Waals surface area contributed by atoms with Crippen LogP contribution in [0.1, 0.15) is 11.1 Å². The van der Waals surface area contributed by atoms with Gasteiger partial charge in [0, 0.05) is 0 Å². The monoisotopic (exact) mass is 186 g/mol. The van der Waals surface area contributed by atoms with Crippen LogP contribution >= 0.6 is 12.4 Å². The van der Waals surface area contributed by atoms with Gasteiger partial charge in [-0.15, -0.1) is 12.4 Å². The Morgan fingerprint density at radius 2 is 1.83 bits per heavy atom. The van der Waals surface area contributed by atoms with Crippen molar-refractivity contribution in [1.29, 1.82) is 0 Å². The molecule has 0 heterocycles. The molecule has 0 fully saturated rings. The van der Waals surface area contributed by atoms with Crippen LogP contribution in [0.2, 0.25) is 0 Å². The summed E-state index contributed by atoms with van der Waals surface area (Å²) in [6.07, 6.45) is 0.111. The molecule has 3 heteroatoms. The molecule has 2 nitrogen and oxygen atoms in total. The second-order valence-corrected chi connectivity index (χ2v) is 2.56. The highest BCUT2D eigenvalue weighted by Crippen LogP contribution is 2.03. The molecule has 0 spiro atoms. The Morgan fingerprint density at radius 1 is 1.33 bits per heavy atom. The maximum Gasteiger partial charge on any atom is 0.307 e. The number of benzene rings is 1. The van der Waals surface area contributed by atoms with Gasteiger partial charge in [-0.2, -0.15) is 0 Å². The predicted molar refractivity (Wildman–Crippen MR) is 49.8 cm³/mol. The fourth-order valence-electron chi connectivity index (χ4n) is 0.881. The number of hydrogen-bond acceptors (Lipinski definition) is 1. The molecule has 0 saturated heterocycles. The Balaban J connectivity index is 0.00000121. The van der Waals surface area contributed by atoms with Crippen molar-refractivity contribution < 1.29 is 9.90 Å². The van der Waals surface area contributed by atoms with E-state index in [1.807, 2.05) is 31.2 Å². The summed E-state index contributed by atoms with van der Waals surface area (Å²) in [5.74, 6) is -0.783. The van der Waals surface area contributed by atoms with Gasteiger partial charge in [0.25, 0.3) is 0 Å². The van der Waals surface area contributed by atoms with Crippen molar-refractivity contribution in [3.63, 3.8) is 0 Å². The van der Waals surface area contributed by atoms with Gasteiger partial charge in [0.05, 0.1) is 6.42 Å². The smallest absolute Gasteiger partial charge is 0.307 e. The van der Waals surface area contributed by atoms with E-state index >= 15 is 0 Å². The molecule has 1 aromatic carbocycles. The Kier molecular flexibility index (Phi) is 4.37. The molecule has 0 aliphatic carbocycles. The molecule has 0 aliphatic rings. The average molecular weight is 187 g/mol. The van der Waals surface area contributed by atoms with E-state index in [0.29, 0.717) is 0 Å². The van der Waals surface area contributed by atoms with Crippen LogP contribution in [0, 0.1) is 6.92 Å². The van der Waals surface area contributed by atoms with Gasteiger partial charge in [-0.05, 0) is 12.5 Å². The van der Waals surface area contributed by atoms with Crippen molar-refractivity contribution in [2.75, 3.05) is 0 Å². The number of aryl methyl sites for hydroxylation is 1. The summed E-state index contributed by atoms with van der Waals surface area (Å²) in [7, 11) is 0. The number of aliphatic carboxylic acids is 1. The van der Waals surface area contributed by atoms with E-state index in [4.69, 9.17) is 5.11 Å². The second-order valence-electron chi connectivity index (χ2n) is 2.56. The molecule has 0 amide bonds. The molecule has 0 radical (unpaired) electrons. The van der Waals surface area contributed by atoms with E-state index in [0.717, 1.165) is 11.1 Å². The Labute approximate surface area is 77.6 Å². The molecular weight excluding hydrogens is 176 g/mol. The highest BCUT2D eigenvalue weighted by molar-refractivity contribution is 5.85. The number of carboxylic acids is 1. The summed E-state index contributed by atoms with van der Waals surface area (Å²) < 4.78 is 0. The molecule has 0 bridgehead atoms. The summed E-state index contributed by atoms with van der Waals surface area (Å²) in [5.41, 5.74) is 2.00. The lowest BCUT2D eigenvalue weighted by Crippen LogP contribution is -1.99. The number of halogens is 1.